The third-order valence-electron chi connectivity index (χ3n) is 6.51. The van der Waals surface area contributed by atoms with Crippen LogP contribution >= 0.6 is 0 Å². The predicted molar refractivity (Wildman–Crippen MR) is 131 cm³/mol. The van der Waals surface area contributed by atoms with Crippen LogP contribution in [0.4, 0.5) is 11.4 Å². The fourth-order valence-electron chi connectivity index (χ4n) is 4.78. The molecule has 0 unspecified atom stereocenters. The molecule has 0 aromatic heterocycles. The zero-order chi connectivity index (χ0) is 23.2. The van der Waals surface area contributed by atoms with Crippen LogP contribution in [-0.4, -0.2) is 56.5 Å². The van der Waals surface area contributed by atoms with Crippen LogP contribution < -0.4 is 20.3 Å². The lowest BCUT2D eigenvalue weighted by atomic mass is 9.96. The number of amides is 2. The number of hydrogen-bond acceptors (Lipinski definition) is 5. The van der Waals surface area contributed by atoms with Crippen molar-refractivity contribution in [1.29, 1.82) is 0 Å². The molecule has 33 heavy (non-hydrogen) atoms. The molecule has 1 saturated heterocycles. The van der Waals surface area contributed by atoms with Crippen molar-refractivity contribution < 1.29 is 14.3 Å². The number of nitrogens with zero attached hydrogens (tertiary/aromatic N) is 2. The molecule has 7 heteroatoms. The van der Waals surface area contributed by atoms with Crippen molar-refractivity contribution in [2.24, 2.45) is 0 Å². The van der Waals surface area contributed by atoms with Crippen LogP contribution in [0, 0.1) is 0 Å². The van der Waals surface area contributed by atoms with Gasteiger partial charge in [-0.2, -0.15) is 0 Å². The van der Waals surface area contributed by atoms with Gasteiger partial charge in [0.1, 0.15) is 5.75 Å². The van der Waals surface area contributed by atoms with E-state index in [2.05, 4.69) is 45.7 Å². The Balaban J connectivity index is 1.41. The molecule has 2 heterocycles. The first kappa shape index (κ1) is 23.1. The molecule has 2 N–H and O–H groups in total. The summed E-state index contributed by atoms with van der Waals surface area (Å²) in [7, 11) is 2.14. The molecule has 2 aliphatic rings. The van der Waals surface area contributed by atoms with Gasteiger partial charge in [0.25, 0.3) is 0 Å². The van der Waals surface area contributed by atoms with Crippen LogP contribution in [0.5, 0.6) is 5.75 Å². The molecular formula is C26H34N4O3. The van der Waals surface area contributed by atoms with Crippen LogP contribution in [0.1, 0.15) is 43.4 Å². The molecule has 1 atom stereocenters. The monoisotopic (exact) mass is 450 g/mol. The molecule has 7 nitrogen and oxygen atoms in total. The average molecular weight is 451 g/mol. The average Bonchev–Trinajstić information content (AvgIpc) is 3.35. The molecular weight excluding hydrogens is 416 g/mol. The number of anilines is 2. The van der Waals surface area contributed by atoms with Gasteiger partial charge in [-0.05, 0) is 87.2 Å². The van der Waals surface area contributed by atoms with Crippen LogP contribution in [0.25, 0.3) is 0 Å². The second-order valence-electron chi connectivity index (χ2n) is 8.79. The number of benzene rings is 2. The summed E-state index contributed by atoms with van der Waals surface area (Å²) in [6.45, 7) is 6.00. The van der Waals surface area contributed by atoms with E-state index in [1.54, 1.807) is 24.3 Å². The Kier molecular flexibility index (Phi) is 7.50. The summed E-state index contributed by atoms with van der Waals surface area (Å²) in [5.74, 6) is -0.554. The number of carbonyl (C=O) groups is 2. The maximum absolute atomic E-state index is 12.6. The molecule has 1 fully saturated rings. The maximum atomic E-state index is 12.6. The zero-order valence-corrected chi connectivity index (χ0v) is 19.6. The molecule has 2 amide bonds. The number of ether oxygens (including phenoxy) is 1. The Labute approximate surface area is 196 Å². The second kappa shape index (κ2) is 10.7. The van der Waals surface area contributed by atoms with E-state index in [1.807, 2.05) is 6.92 Å². The van der Waals surface area contributed by atoms with Crippen molar-refractivity contribution in [3.05, 3.63) is 53.6 Å². The first-order valence-electron chi connectivity index (χ1n) is 11.9. The summed E-state index contributed by atoms with van der Waals surface area (Å²) in [5.41, 5.74) is 4.43. The van der Waals surface area contributed by atoms with Gasteiger partial charge in [0.05, 0.1) is 12.6 Å². The smallest absolute Gasteiger partial charge is 0.313 e. The third kappa shape index (κ3) is 5.66. The molecule has 4 rings (SSSR count). The minimum Gasteiger partial charge on any atom is -0.494 e. The van der Waals surface area contributed by atoms with Crippen LogP contribution in [0.15, 0.2) is 42.5 Å². The number of aryl methyl sites for hydroxylation is 1. The van der Waals surface area contributed by atoms with Gasteiger partial charge in [0.15, 0.2) is 0 Å². The largest absolute Gasteiger partial charge is 0.494 e. The van der Waals surface area contributed by atoms with E-state index in [0.29, 0.717) is 18.8 Å². The van der Waals surface area contributed by atoms with Crippen molar-refractivity contribution in [2.45, 2.75) is 38.6 Å². The lowest BCUT2D eigenvalue weighted by Gasteiger charge is -2.31. The number of nitrogens with one attached hydrogen (secondary N) is 2. The third-order valence-corrected chi connectivity index (χ3v) is 6.51. The van der Waals surface area contributed by atoms with Crippen molar-refractivity contribution >= 4 is 23.2 Å². The number of fused-ring (bicyclic) bond motifs is 1. The summed E-state index contributed by atoms with van der Waals surface area (Å²) in [4.78, 5) is 29.7. The van der Waals surface area contributed by atoms with E-state index in [-0.39, 0.29) is 6.04 Å². The van der Waals surface area contributed by atoms with Crippen molar-refractivity contribution in [3.63, 3.8) is 0 Å². The number of likely N-dealkylation sites (tertiary alicyclic amines) is 1. The molecule has 0 bridgehead atoms. The van der Waals surface area contributed by atoms with E-state index in [9.17, 15) is 9.59 Å². The SMILES string of the molecule is CCOc1ccc(NC(=O)C(=O)NC[C@H](c2ccc3c(c2)CCCN3C)N2CCCC2)cc1. The number of carbonyl (C=O) groups excluding carboxylic acids is 2. The summed E-state index contributed by atoms with van der Waals surface area (Å²) in [6, 6.07) is 13.7. The summed E-state index contributed by atoms with van der Waals surface area (Å²) in [6.07, 6.45) is 4.56. The minimum absolute atomic E-state index is 0.0623. The summed E-state index contributed by atoms with van der Waals surface area (Å²) >= 11 is 0. The van der Waals surface area contributed by atoms with Gasteiger partial charge in [-0.25, -0.2) is 0 Å². The Bertz CT molecular complexity index is 970. The first-order chi connectivity index (χ1) is 16.0. The Morgan fingerprint density at radius 1 is 1.00 bits per heavy atom. The molecule has 176 valence electrons. The maximum Gasteiger partial charge on any atom is 0.313 e. The number of hydrogen-bond donors (Lipinski definition) is 2. The molecule has 2 aromatic carbocycles. The van der Waals surface area contributed by atoms with Gasteiger partial charge in [-0.3, -0.25) is 14.5 Å². The van der Waals surface area contributed by atoms with Gasteiger partial charge in [-0.1, -0.05) is 12.1 Å². The summed E-state index contributed by atoms with van der Waals surface area (Å²) < 4.78 is 5.41. The number of rotatable bonds is 7. The minimum atomic E-state index is -0.661. The van der Waals surface area contributed by atoms with E-state index in [4.69, 9.17) is 4.74 Å². The van der Waals surface area contributed by atoms with Crippen LogP contribution in [0.3, 0.4) is 0 Å². The quantitative estimate of drug-likeness (QED) is 0.633. The molecule has 0 aliphatic carbocycles. The lowest BCUT2D eigenvalue weighted by molar-refractivity contribution is -0.136. The van der Waals surface area contributed by atoms with Gasteiger partial charge >= 0.3 is 11.8 Å². The fourth-order valence-corrected chi connectivity index (χ4v) is 4.78. The molecule has 2 aromatic rings. The second-order valence-corrected chi connectivity index (χ2v) is 8.79. The fraction of sp³-hybridized carbons (Fsp3) is 0.462. The first-order valence-corrected chi connectivity index (χ1v) is 11.9. The van der Waals surface area contributed by atoms with Gasteiger partial charge in [-0.15, -0.1) is 0 Å². The van der Waals surface area contributed by atoms with E-state index < -0.39 is 11.8 Å². The Hall–Kier alpha value is -3.06. The van der Waals surface area contributed by atoms with Gasteiger partial charge in [0.2, 0.25) is 0 Å². The normalized spacial score (nSPS) is 16.7. The molecule has 0 saturated carbocycles. The van der Waals surface area contributed by atoms with E-state index in [1.165, 1.54) is 16.8 Å². The highest BCUT2D eigenvalue weighted by atomic mass is 16.5. The zero-order valence-electron chi connectivity index (χ0n) is 19.6. The standard InChI is InChI=1S/C26H34N4O3/c1-3-33-22-11-9-21(10-12-22)28-26(32)25(31)27-18-24(30-15-4-5-16-30)20-8-13-23-19(17-20)7-6-14-29(23)2/h8-13,17,24H,3-7,14-16,18H2,1-2H3,(H,27,31)(H,28,32)/t24-/m1/s1. The Morgan fingerprint density at radius 3 is 2.48 bits per heavy atom. The Morgan fingerprint density at radius 2 is 1.76 bits per heavy atom. The van der Waals surface area contributed by atoms with E-state index >= 15 is 0 Å². The van der Waals surface area contributed by atoms with Crippen LogP contribution in [0.2, 0.25) is 0 Å². The lowest BCUT2D eigenvalue weighted by Crippen LogP contribution is -2.41. The van der Waals surface area contributed by atoms with Crippen molar-refractivity contribution in [3.8, 4) is 5.75 Å². The summed E-state index contributed by atoms with van der Waals surface area (Å²) in [5, 5.41) is 5.54. The molecule has 2 aliphatic heterocycles. The molecule has 0 radical (unpaired) electrons. The van der Waals surface area contributed by atoms with Gasteiger partial charge < -0.3 is 20.3 Å². The highest BCUT2D eigenvalue weighted by Gasteiger charge is 2.26. The van der Waals surface area contributed by atoms with E-state index in [0.717, 1.165) is 51.1 Å². The van der Waals surface area contributed by atoms with Crippen molar-refractivity contribution in [1.82, 2.24) is 10.2 Å². The highest BCUT2D eigenvalue weighted by molar-refractivity contribution is 6.39. The predicted octanol–water partition coefficient (Wildman–Crippen LogP) is 3.36. The highest BCUT2D eigenvalue weighted by Crippen LogP contribution is 2.31. The topological polar surface area (TPSA) is 73.9 Å². The molecule has 0 spiro atoms. The van der Waals surface area contributed by atoms with Gasteiger partial charge in [0, 0.05) is 31.5 Å². The van der Waals surface area contributed by atoms with Crippen LogP contribution in [-0.2, 0) is 16.0 Å². The van der Waals surface area contributed by atoms with Crippen molar-refractivity contribution in [2.75, 3.05) is 50.1 Å².